The van der Waals surface area contributed by atoms with Crippen LogP contribution < -0.4 is 14.2 Å². The first-order valence-corrected chi connectivity index (χ1v) is 12.9. The van der Waals surface area contributed by atoms with E-state index in [1.165, 1.54) is 11.6 Å². The van der Waals surface area contributed by atoms with Crippen molar-refractivity contribution in [2.45, 2.75) is 51.3 Å². The highest BCUT2D eigenvalue weighted by Crippen LogP contribution is 2.31. The SMILES string of the molecule is COc1cc(CN2CCC[C@](COc3ccccc3F)(OC)CC2)ccc1OCCCn1cc(C)cn1. The first-order valence-electron chi connectivity index (χ1n) is 12.9. The Kier molecular flexibility index (Phi) is 9.41. The lowest BCUT2D eigenvalue weighted by molar-refractivity contribution is -0.0548. The van der Waals surface area contributed by atoms with Crippen LogP contribution in [-0.4, -0.2) is 60.8 Å². The number of nitrogens with zero attached hydrogens (tertiary/aromatic N) is 3. The molecular formula is C29H38FN3O4. The highest BCUT2D eigenvalue weighted by molar-refractivity contribution is 5.43. The van der Waals surface area contributed by atoms with Crippen molar-refractivity contribution in [3.63, 3.8) is 0 Å². The van der Waals surface area contributed by atoms with Gasteiger partial charge in [-0.2, -0.15) is 5.10 Å². The third kappa shape index (κ3) is 7.46. The molecule has 0 amide bonds. The van der Waals surface area contributed by atoms with E-state index in [-0.39, 0.29) is 11.6 Å². The molecule has 0 aliphatic carbocycles. The summed E-state index contributed by atoms with van der Waals surface area (Å²) in [4.78, 5) is 2.42. The fourth-order valence-corrected chi connectivity index (χ4v) is 4.75. The highest BCUT2D eigenvalue weighted by atomic mass is 19.1. The predicted molar refractivity (Wildman–Crippen MR) is 141 cm³/mol. The van der Waals surface area contributed by atoms with Crippen molar-refractivity contribution in [2.24, 2.45) is 0 Å². The summed E-state index contributed by atoms with van der Waals surface area (Å²) in [5.41, 5.74) is 1.90. The number of aromatic nitrogens is 2. The third-order valence-electron chi connectivity index (χ3n) is 6.94. The smallest absolute Gasteiger partial charge is 0.165 e. The van der Waals surface area contributed by atoms with E-state index in [0.29, 0.717) is 13.2 Å². The van der Waals surface area contributed by atoms with Crippen LogP contribution in [0.15, 0.2) is 54.9 Å². The average Bonchev–Trinajstić information content (AvgIpc) is 3.22. The van der Waals surface area contributed by atoms with Gasteiger partial charge in [0.15, 0.2) is 23.1 Å². The molecule has 1 aliphatic rings. The lowest BCUT2D eigenvalue weighted by Crippen LogP contribution is -2.39. The molecule has 1 aliphatic heterocycles. The zero-order valence-electron chi connectivity index (χ0n) is 22.1. The van der Waals surface area contributed by atoms with Crippen LogP contribution in [0.3, 0.4) is 0 Å². The van der Waals surface area contributed by atoms with Crippen molar-refractivity contribution < 1.29 is 23.3 Å². The summed E-state index contributed by atoms with van der Waals surface area (Å²) in [6, 6.07) is 12.7. The molecule has 7 nitrogen and oxygen atoms in total. The molecule has 200 valence electrons. The molecule has 2 heterocycles. The van der Waals surface area contributed by atoms with Gasteiger partial charge in [-0.1, -0.05) is 18.2 Å². The summed E-state index contributed by atoms with van der Waals surface area (Å²) < 4.78 is 39.3. The number of likely N-dealkylation sites (tertiary alicyclic amines) is 1. The summed E-state index contributed by atoms with van der Waals surface area (Å²) in [5.74, 6) is 1.42. The molecule has 1 saturated heterocycles. The van der Waals surface area contributed by atoms with Gasteiger partial charge < -0.3 is 18.9 Å². The lowest BCUT2D eigenvalue weighted by atomic mass is 9.95. The van der Waals surface area contributed by atoms with E-state index in [4.69, 9.17) is 18.9 Å². The number of halogens is 1. The van der Waals surface area contributed by atoms with Crippen molar-refractivity contribution in [1.29, 1.82) is 0 Å². The van der Waals surface area contributed by atoms with Crippen molar-refractivity contribution in [3.05, 3.63) is 71.8 Å². The molecule has 0 unspecified atom stereocenters. The summed E-state index contributed by atoms with van der Waals surface area (Å²) in [6.07, 6.45) is 7.41. The van der Waals surface area contributed by atoms with Crippen LogP contribution >= 0.6 is 0 Å². The van der Waals surface area contributed by atoms with Crippen molar-refractivity contribution in [3.8, 4) is 17.2 Å². The van der Waals surface area contributed by atoms with Gasteiger partial charge in [-0.15, -0.1) is 0 Å². The Hall–Kier alpha value is -3.10. The first kappa shape index (κ1) is 26.9. The molecular weight excluding hydrogens is 473 g/mol. The fraction of sp³-hybridized carbons (Fsp3) is 0.483. The Bertz CT molecular complexity index is 1140. The van der Waals surface area contributed by atoms with Gasteiger partial charge in [-0.3, -0.25) is 9.58 Å². The number of ether oxygens (including phenoxy) is 4. The minimum atomic E-state index is -0.429. The zero-order chi connectivity index (χ0) is 26.1. The summed E-state index contributed by atoms with van der Waals surface area (Å²) in [5, 5.41) is 4.31. The normalized spacial score (nSPS) is 18.4. The van der Waals surface area contributed by atoms with Gasteiger partial charge in [0, 0.05) is 39.4 Å². The van der Waals surface area contributed by atoms with E-state index >= 15 is 0 Å². The fourth-order valence-electron chi connectivity index (χ4n) is 4.75. The molecule has 0 N–H and O–H groups in total. The largest absolute Gasteiger partial charge is 0.493 e. The third-order valence-corrected chi connectivity index (χ3v) is 6.94. The van der Waals surface area contributed by atoms with Gasteiger partial charge in [-0.25, -0.2) is 4.39 Å². The van der Waals surface area contributed by atoms with E-state index in [1.807, 2.05) is 30.1 Å². The van der Waals surface area contributed by atoms with Crippen LogP contribution in [0, 0.1) is 12.7 Å². The maximum Gasteiger partial charge on any atom is 0.165 e. The minimum Gasteiger partial charge on any atom is -0.493 e. The number of methoxy groups -OCH3 is 2. The monoisotopic (exact) mass is 511 g/mol. The summed E-state index contributed by atoms with van der Waals surface area (Å²) >= 11 is 0. The Morgan fingerprint density at radius 3 is 2.62 bits per heavy atom. The Labute approximate surface area is 219 Å². The average molecular weight is 512 g/mol. The molecule has 4 rings (SSSR count). The van der Waals surface area contributed by atoms with E-state index in [1.54, 1.807) is 32.4 Å². The van der Waals surface area contributed by atoms with Gasteiger partial charge in [0.1, 0.15) is 12.2 Å². The zero-order valence-corrected chi connectivity index (χ0v) is 22.1. The quantitative estimate of drug-likeness (QED) is 0.309. The number of aryl methyl sites for hydroxylation is 2. The Balaban J connectivity index is 1.29. The van der Waals surface area contributed by atoms with Crippen LogP contribution in [0.2, 0.25) is 0 Å². The molecule has 0 radical (unpaired) electrons. The summed E-state index contributed by atoms with van der Waals surface area (Å²) in [6.45, 7) is 6.41. The van der Waals surface area contributed by atoms with Crippen LogP contribution in [-0.2, 0) is 17.8 Å². The number of hydrogen-bond donors (Lipinski definition) is 0. The number of rotatable bonds is 12. The molecule has 2 aromatic carbocycles. The maximum atomic E-state index is 14.0. The Morgan fingerprint density at radius 2 is 1.86 bits per heavy atom. The van der Waals surface area contributed by atoms with E-state index < -0.39 is 5.60 Å². The molecule has 0 bridgehead atoms. The number of para-hydroxylation sites is 1. The predicted octanol–water partition coefficient (Wildman–Crippen LogP) is 5.26. The van der Waals surface area contributed by atoms with Crippen molar-refractivity contribution in [2.75, 3.05) is 40.5 Å². The van der Waals surface area contributed by atoms with Gasteiger partial charge in [-0.05, 0) is 68.1 Å². The van der Waals surface area contributed by atoms with E-state index in [0.717, 1.165) is 68.9 Å². The van der Waals surface area contributed by atoms with Crippen LogP contribution in [0.25, 0.3) is 0 Å². The molecule has 1 atom stereocenters. The highest BCUT2D eigenvalue weighted by Gasteiger charge is 2.34. The second kappa shape index (κ2) is 12.9. The van der Waals surface area contributed by atoms with E-state index in [2.05, 4.69) is 22.1 Å². The topological polar surface area (TPSA) is 58.0 Å². The molecule has 37 heavy (non-hydrogen) atoms. The number of benzene rings is 2. The van der Waals surface area contributed by atoms with Crippen LogP contribution in [0.4, 0.5) is 4.39 Å². The second-order valence-electron chi connectivity index (χ2n) is 9.70. The molecule has 3 aromatic rings. The van der Waals surface area contributed by atoms with Gasteiger partial charge in [0.05, 0.1) is 19.9 Å². The van der Waals surface area contributed by atoms with Gasteiger partial charge in [0.25, 0.3) is 0 Å². The van der Waals surface area contributed by atoms with Crippen LogP contribution in [0.5, 0.6) is 17.2 Å². The first-order chi connectivity index (χ1) is 18.0. The molecule has 8 heteroatoms. The Morgan fingerprint density at radius 1 is 1.00 bits per heavy atom. The van der Waals surface area contributed by atoms with Crippen LogP contribution in [0.1, 0.15) is 36.8 Å². The molecule has 1 aromatic heterocycles. The van der Waals surface area contributed by atoms with E-state index in [9.17, 15) is 4.39 Å². The standard InChI is InChI=1S/C29H38FN3O4/c1-23-19-31-33(20-23)15-7-17-36-27-11-10-24(18-28(27)34-2)21-32-14-6-12-29(35-3,13-16-32)22-37-26-9-5-4-8-25(26)30/h4-5,8-11,18-20H,6-7,12-17,21-22H2,1-3H3/t29-/m0/s1. The minimum absolute atomic E-state index is 0.269. The molecule has 0 spiro atoms. The lowest BCUT2D eigenvalue weighted by Gasteiger charge is -2.31. The summed E-state index contributed by atoms with van der Waals surface area (Å²) in [7, 11) is 3.40. The van der Waals surface area contributed by atoms with Crippen molar-refractivity contribution in [1.82, 2.24) is 14.7 Å². The molecule has 0 saturated carbocycles. The molecule has 1 fully saturated rings. The van der Waals surface area contributed by atoms with Gasteiger partial charge in [0.2, 0.25) is 0 Å². The van der Waals surface area contributed by atoms with Crippen molar-refractivity contribution >= 4 is 0 Å². The maximum absolute atomic E-state index is 14.0. The number of hydrogen-bond acceptors (Lipinski definition) is 6. The second-order valence-corrected chi connectivity index (χ2v) is 9.70. The van der Waals surface area contributed by atoms with Gasteiger partial charge >= 0.3 is 0 Å².